The maximum atomic E-state index is 10.8. The predicted molar refractivity (Wildman–Crippen MR) is 68.7 cm³/mol. The van der Waals surface area contributed by atoms with E-state index in [1.807, 2.05) is 0 Å². The lowest BCUT2D eigenvalue weighted by molar-refractivity contribution is 0.0694. The van der Waals surface area contributed by atoms with Gasteiger partial charge in [-0.15, -0.1) is 0 Å². The normalized spacial score (nSPS) is 10.4. The highest BCUT2D eigenvalue weighted by atomic mass is 16.5. The number of rotatable bonds is 9. The van der Waals surface area contributed by atoms with Crippen molar-refractivity contribution in [3.63, 3.8) is 0 Å². The van der Waals surface area contributed by atoms with Gasteiger partial charge >= 0.3 is 5.97 Å². The van der Waals surface area contributed by atoms with E-state index >= 15 is 0 Å². The van der Waals surface area contributed by atoms with E-state index in [0.717, 1.165) is 6.42 Å². The molecule has 0 aliphatic heterocycles. The van der Waals surface area contributed by atoms with Crippen LogP contribution in [-0.4, -0.2) is 49.6 Å². The number of carbonyl (C=O) groups is 1. The third-order valence-corrected chi connectivity index (χ3v) is 2.41. The molecule has 106 valence electrons. The molecule has 0 aliphatic rings. The fourth-order valence-corrected chi connectivity index (χ4v) is 1.46. The molecule has 1 aromatic rings. The first-order chi connectivity index (χ1) is 9.15. The zero-order valence-electron chi connectivity index (χ0n) is 11.2. The van der Waals surface area contributed by atoms with Gasteiger partial charge in [0.25, 0.3) is 0 Å². The number of methoxy groups -OCH3 is 1. The summed E-state index contributed by atoms with van der Waals surface area (Å²) in [6.07, 6.45) is 0.848. The van der Waals surface area contributed by atoms with Gasteiger partial charge in [0.1, 0.15) is 6.61 Å². The van der Waals surface area contributed by atoms with Crippen LogP contribution in [0.1, 0.15) is 22.5 Å². The molecule has 0 aromatic carbocycles. The van der Waals surface area contributed by atoms with Crippen LogP contribution in [0.25, 0.3) is 0 Å². The molecule has 0 unspecified atom stereocenters. The van der Waals surface area contributed by atoms with Crippen LogP contribution in [0.4, 0.5) is 0 Å². The largest absolute Gasteiger partial charge is 0.478 e. The number of aromatic carboxylic acids is 1. The lowest BCUT2D eigenvalue weighted by Crippen LogP contribution is -2.10. The van der Waals surface area contributed by atoms with Crippen LogP contribution in [0.5, 0.6) is 5.88 Å². The highest BCUT2D eigenvalue weighted by Gasteiger charge is 2.08. The first-order valence-electron chi connectivity index (χ1n) is 6.05. The summed E-state index contributed by atoms with van der Waals surface area (Å²) in [4.78, 5) is 14.9. The highest BCUT2D eigenvalue weighted by Crippen LogP contribution is 2.12. The Morgan fingerprint density at radius 3 is 2.68 bits per heavy atom. The molecule has 0 amide bonds. The molecular weight excluding hydrogens is 250 g/mol. The summed E-state index contributed by atoms with van der Waals surface area (Å²) in [5, 5.41) is 8.86. The summed E-state index contributed by atoms with van der Waals surface area (Å²) in [5.74, 6) is -0.582. The second-order valence-electron chi connectivity index (χ2n) is 3.89. The minimum absolute atomic E-state index is 0.183. The molecule has 0 saturated heterocycles. The standard InChI is InChI=1S/C13H19NO5/c1-10-11(13(15)16)4-5-12(14-10)19-9-8-18-7-3-6-17-2/h4-5H,3,6-9H2,1-2H3,(H,15,16). The maximum absolute atomic E-state index is 10.8. The van der Waals surface area contributed by atoms with Crippen LogP contribution in [-0.2, 0) is 9.47 Å². The number of carboxylic acids is 1. The van der Waals surface area contributed by atoms with E-state index in [0.29, 0.717) is 38.0 Å². The Morgan fingerprint density at radius 1 is 1.26 bits per heavy atom. The van der Waals surface area contributed by atoms with Gasteiger partial charge in [-0.2, -0.15) is 0 Å². The molecule has 1 heterocycles. The lowest BCUT2D eigenvalue weighted by Gasteiger charge is -2.08. The van der Waals surface area contributed by atoms with Crippen molar-refractivity contribution in [2.45, 2.75) is 13.3 Å². The van der Waals surface area contributed by atoms with Gasteiger partial charge in [-0.05, 0) is 19.4 Å². The summed E-state index contributed by atoms with van der Waals surface area (Å²) in [6, 6.07) is 3.03. The van der Waals surface area contributed by atoms with E-state index in [2.05, 4.69) is 4.98 Å². The van der Waals surface area contributed by atoms with Crippen LogP contribution >= 0.6 is 0 Å². The molecule has 19 heavy (non-hydrogen) atoms. The molecule has 0 saturated carbocycles. The van der Waals surface area contributed by atoms with Gasteiger partial charge in [0.2, 0.25) is 5.88 Å². The van der Waals surface area contributed by atoms with Gasteiger partial charge in [0, 0.05) is 26.4 Å². The lowest BCUT2D eigenvalue weighted by atomic mass is 10.2. The van der Waals surface area contributed by atoms with Gasteiger partial charge in [0.15, 0.2) is 0 Å². The average molecular weight is 269 g/mol. The third kappa shape index (κ3) is 5.67. The van der Waals surface area contributed by atoms with Crippen LogP contribution in [0, 0.1) is 6.92 Å². The van der Waals surface area contributed by atoms with Gasteiger partial charge in [-0.3, -0.25) is 0 Å². The average Bonchev–Trinajstić information content (AvgIpc) is 2.37. The van der Waals surface area contributed by atoms with Crippen LogP contribution < -0.4 is 4.74 Å². The van der Waals surface area contributed by atoms with Gasteiger partial charge in [0.05, 0.1) is 17.9 Å². The Morgan fingerprint density at radius 2 is 2.05 bits per heavy atom. The van der Waals surface area contributed by atoms with Gasteiger partial charge < -0.3 is 19.3 Å². The van der Waals surface area contributed by atoms with E-state index in [9.17, 15) is 4.79 Å². The summed E-state index contributed by atoms with van der Waals surface area (Å²) < 4.78 is 15.6. The monoisotopic (exact) mass is 269 g/mol. The highest BCUT2D eigenvalue weighted by molar-refractivity contribution is 5.88. The SMILES string of the molecule is COCCCOCCOc1ccc(C(=O)O)c(C)n1. The fraction of sp³-hybridized carbons (Fsp3) is 0.538. The molecular formula is C13H19NO5. The van der Waals surface area contributed by atoms with Gasteiger partial charge in [-0.25, -0.2) is 9.78 Å². The Labute approximate surface area is 112 Å². The van der Waals surface area contributed by atoms with Gasteiger partial charge in [-0.1, -0.05) is 0 Å². The number of hydrogen-bond acceptors (Lipinski definition) is 5. The second kappa shape index (κ2) is 8.44. The number of ether oxygens (including phenoxy) is 3. The summed E-state index contributed by atoms with van der Waals surface area (Å²) in [7, 11) is 1.65. The number of carboxylic acid groups (broad SMARTS) is 1. The van der Waals surface area contributed by atoms with E-state index in [1.165, 1.54) is 6.07 Å². The van der Waals surface area contributed by atoms with Crippen molar-refractivity contribution >= 4 is 5.97 Å². The van der Waals surface area contributed by atoms with Crippen molar-refractivity contribution in [3.05, 3.63) is 23.4 Å². The Bertz CT molecular complexity index is 408. The molecule has 0 atom stereocenters. The van der Waals surface area contributed by atoms with Crippen molar-refractivity contribution in [2.24, 2.45) is 0 Å². The Hall–Kier alpha value is -1.66. The minimum Gasteiger partial charge on any atom is -0.478 e. The number of pyridine rings is 1. The van der Waals surface area contributed by atoms with E-state index in [4.69, 9.17) is 19.3 Å². The fourth-order valence-electron chi connectivity index (χ4n) is 1.46. The molecule has 6 heteroatoms. The first-order valence-corrected chi connectivity index (χ1v) is 6.05. The molecule has 1 N–H and O–H groups in total. The van der Waals surface area contributed by atoms with Crippen LogP contribution in [0.2, 0.25) is 0 Å². The smallest absolute Gasteiger partial charge is 0.337 e. The van der Waals surface area contributed by atoms with Crippen molar-refractivity contribution < 1.29 is 24.1 Å². The molecule has 0 bridgehead atoms. The van der Waals surface area contributed by atoms with Crippen molar-refractivity contribution in [3.8, 4) is 5.88 Å². The first kappa shape index (κ1) is 15.4. The Kier molecular flexibility index (Phi) is 6.84. The summed E-state index contributed by atoms with van der Waals surface area (Å²) in [5.41, 5.74) is 0.620. The topological polar surface area (TPSA) is 77.9 Å². The zero-order valence-corrected chi connectivity index (χ0v) is 11.2. The minimum atomic E-state index is -0.988. The molecule has 0 spiro atoms. The number of hydrogen-bond donors (Lipinski definition) is 1. The zero-order chi connectivity index (χ0) is 14.1. The molecule has 1 aromatic heterocycles. The van der Waals surface area contributed by atoms with E-state index in [1.54, 1.807) is 20.1 Å². The van der Waals surface area contributed by atoms with Crippen LogP contribution in [0.15, 0.2) is 12.1 Å². The third-order valence-electron chi connectivity index (χ3n) is 2.41. The molecule has 6 nitrogen and oxygen atoms in total. The van der Waals surface area contributed by atoms with E-state index in [-0.39, 0.29) is 5.56 Å². The quantitative estimate of drug-likeness (QED) is 0.685. The van der Waals surface area contributed by atoms with Crippen molar-refractivity contribution in [2.75, 3.05) is 33.5 Å². The number of aromatic nitrogens is 1. The number of nitrogens with zero attached hydrogens (tertiary/aromatic N) is 1. The summed E-state index contributed by atoms with van der Waals surface area (Å²) >= 11 is 0. The molecule has 1 rings (SSSR count). The Balaban J connectivity index is 2.26. The second-order valence-corrected chi connectivity index (χ2v) is 3.89. The predicted octanol–water partition coefficient (Wildman–Crippen LogP) is 1.52. The molecule has 0 fully saturated rings. The maximum Gasteiger partial charge on any atom is 0.337 e. The van der Waals surface area contributed by atoms with Crippen molar-refractivity contribution in [1.82, 2.24) is 4.98 Å². The van der Waals surface area contributed by atoms with Crippen molar-refractivity contribution in [1.29, 1.82) is 0 Å². The molecule has 0 radical (unpaired) electrons. The summed E-state index contributed by atoms with van der Waals surface area (Å²) in [6.45, 7) is 3.79. The number of aryl methyl sites for hydroxylation is 1. The molecule has 0 aliphatic carbocycles. The van der Waals surface area contributed by atoms with E-state index < -0.39 is 5.97 Å². The van der Waals surface area contributed by atoms with Crippen LogP contribution in [0.3, 0.4) is 0 Å².